The quantitative estimate of drug-likeness (QED) is 0.398. The third kappa shape index (κ3) is 4.82. The van der Waals surface area contributed by atoms with Crippen LogP contribution in [0.1, 0.15) is 77.6 Å². The molecule has 5 rings (SSSR count). The summed E-state index contributed by atoms with van der Waals surface area (Å²) in [4.78, 5) is 36.2. The summed E-state index contributed by atoms with van der Waals surface area (Å²) in [7, 11) is 0. The van der Waals surface area contributed by atoms with Gasteiger partial charge in [-0.2, -0.15) is 0 Å². The van der Waals surface area contributed by atoms with Crippen LogP contribution in [0.25, 0.3) is 10.9 Å². The Hall–Kier alpha value is -3.19. The average Bonchev–Trinajstić information content (AvgIpc) is 3.52. The number of fused-ring (bicyclic) bond motifs is 2. The van der Waals surface area contributed by atoms with Crippen molar-refractivity contribution in [2.75, 3.05) is 19.8 Å². The highest BCUT2D eigenvalue weighted by Gasteiger charge is 2.38. The summed E-state index contributed by atoms with van der Waals surface area (Å²) in [6, 6.07) is 11.6. The SMILES string of the molecule is CCOCCCN(Cc1ccco1)C(=O)c1c2c(nc3ccccc13)C(=O)N(C1CCCCC1)C2. The summed E-state index contributed by atoms with van der Waals surface area (Å²) < 4.78 is 11.1. The maximum atomic E-state index is 14.2. The lowest BCUT2D eigenvalue weighted by atomic mass is 9.94. The summed E-state index contributed by atoms with van der Waals surface area (Å²) >= 11 is 0. The van der Waals surface area contributed by atoms with E-state index in [0.717, 1.165) is 48.8 Å². The van der Waals surface area contributed by atoms with E-state index in [9.17, 15) is 9.59 Å². The normalized spacial score (nSPS) is 16.1. The van der Waals surface area contributed by atoms with E-state index in [1.54, 1.807) is 6.26 Å². The van der Waals surface area contributed by atoms with Crippen LogP contribution >= 0.6 is 0 Å². The van der Waals surface area contributed by atoms with E-state index in [-0.39, 0.29) is 17.9 Å². The molecule has 2 aliphatic rings. The Labute approximate surface area is 206 Å². The summed E-state index contributed by atoms with van der Waals surface area (Å²) in [5, 5.41) is 0.795. The minimum absolute atomic E-state index is 0.0411. The maximum absolute atomic E-state index is 14.2. The van der Waals surface area contributed by atoms with Gasteiger partial charge in [-0.3, -0.25) is 9.59 Å². The molecule has 0 spiro atoms. The van der Waals surface area contributed by atoms with Crippen molar-refractivity contribution < 1.29 is 18.7 Å². The number of amides is 2. The number of aromatic nitrogens is 1. The van der Waals surface area contributed by atoms with Crippen molar-refractivity contribution in [3.05, 3.63) is 65.2 Å². The first kappa shape index (κ1) is 23.5. The Balaban J connectivity index is 1.53. The minimum Gasteiger partial charge on any atom is -0.467 e. The molecule has 7 nitrogen and oxygen atoms in total. The van der Waals surface area contributed by atoms with Crippen LogP contribution in [0, 0.1) is 0 Å². The Morgan fingerprint density at radius 3 is 2.77 bits per heavy atom. The van der Waals surface area contributed by atoms with Gasteiger partial charge in [-0.25, -0.2) is 4.98 Å². The van der Waals surface area contributed by atoms with Crippen LogP contribution in [0.4, 0.5) is 0 Å². The molecule has 1 fully saturated rings. The second kappa shape index (κ2) is 10.6. The lowest BCUT2D eigenvalue weighted by Gasteiger charge is -2.30. The number of nitrogens with zero attached hydrogens (tertiary/aromatic N) is 3. The Morgan fingerprint density at radius 2 is 2.00 bits per heavy atom. The van der Waals surface area contributed by atoms with Gasteiger partial charge >= 0.3 is 0 Å². The van der Waals surface area contributed by atoms with Crippen molar-refractivity contribution in [3.8, 4) is 0 Å². The Kier molecular flexibility index (Phi) is 7.13. The van der Waals surface area contributed by atoms with Crippen LogP contribution in [0.2, 0.25) is 0 Å². The number of hydrogen-bond acceptors (Lipinski definition) is 5. The summed E-state index contributed by atoms with van der Waals surface area (Å²) in [5.41, 5.74) is 2.48. The second-order valence-corrected chi connectivity index (χ2v) is 9.41. The molecule has 184 valence electrons. The van der Waals surface area contributed by atoms with Crippen molar-refractivity contribution in [1.29, 1.82) is 0 Å². The topological polar surface area (TPSA) is 75.9 Å². The zero-order valence-corrected chi connectivity index (χ0v) is 20.4. The Morgan fingerprint density at radius 1 is 1.17 bits per heavy atom. The van der Waals surface area contributed by atoms with Gasteiger partial charge in [-0.15, -0.1) is 0 Å². The highest BCUT2D eigenvalue weighted by atomic mass is 16.5. The number of pyridine rings is 1. The molecule has 0 radical (unpaired) electrons. The smallest absolute Gasteiger partial charge is 0.273 e. The molecule has 7 heteroatoms. The number of benzene rings is 1. The summed E-state index contributed by atoms with van der Waals surface area (Å²) in [5.74, 6) is 0.594. The molecule has 1 aliphatic heterocycles. The van der Waals surface area contributed by atoms with Crippen LogP contribution in [0.3, 0.4) is 0 Å². The van der Waals surface area contributed by atoms with Gasteiger partial charge in [0, 0.05) is 43.3 Å². The lowest BCUT2D eigenvalue weighted by Crippen LogP contribution is -2.37. The largest absolute Gasteiger partial charge is 0.467 e. The van der Waals surface area contributed by atoms with Crippen LogP contribution in [0.15, 0.2) is 47.1 Å². The van der Waals surface area contributed by atoms with Crippen LogP contribution in [-0.2, 0) is 17.8 Å². The van der Waals surface area contributed by atoms with Gasteiger partial charge in [0.05, 0.1) is 23.9 Å². The molecule has 1 saturated carbocycles. The molecule has 0 bridgehead atoms. The molecule has 35 heavy (non-hydrogen) atoms. The highest BCUT2D eigenvalue weighted by Crippen LogP contribution is 2.35. The van der Waals surface area contributed by atoms with Crippen molar-refractivity contribution in [1.82, 2.24) is 14.8 Å². The molecule has 0 N–H and O–H groups in total. The molecule has 1 aliphatic carbocycles. The number of rotatable bonds is 9. The van der Waals surface area contributed by atoms with Gasteiger partial charge in [0.15, 0.2) is 0 Å². The van der Waals surface area contributed by atoms with Crippen molar-refractivity contribution in [2.24, 2.45) is 0 Å². The molecule has 0 atom stereocenters. The van der Waals surface area contributed by atoms with Gasteiger partial charge in [-0.1, -0.05) is 37.5 Å². The molecule has 0 saturated heterocycles. The van der Waals surface area contributed by atoms with Crippen LogP contribution in [0.5, 0.6) is 0 Å². The van der Waals surface area contributed by atoms with Gasteiger partial charge in [0.2, 0.25) is 0 Å². The third-order valence-electron chi connectivity index (χ3n) is 7.15. The van der Waals surface area contributed by atoms with Gasteiger partial charge in [-0.05, 0) is 44.4 Å². The Bertz CT molecular complexity index is 1180. The average molecular weight is 476 g/mol. The van der Waals surface area contributed by atoms with Crippen LogP contribution in [-0.4, -0.2) is 52.4 Å². The molecule has 3 aromatic rings. The predicted octanol–water partition coefficient (Wildman–Crippen LogP) is 5.19. The van der Waals surface area contributed by atoms with E-state index in [0.29, 0.717) is 49.6 Å². The van der Waals surface area contributed by atoms with E-state index >= 15 is 0 Å². The van der Waals surface area contributed by atoms with Gasteiger partial charge < -0.3 is 19.0 Å². The molecule has 2 aromatic heterocycles. The highest BCUT2D eigenvalue weighted by molar-refractivity contribution is 6.11. The van der Waals surface area contributed by atoms with E-state index < -0.39 is 0 Å². The molecule has 0 unspecified atom stereocenters. The van der Waals surface area contributed by atoms with E-state index in [2.05, 4.69) is 0 Å². The first-order chi connectivity index (χ1) is 17.2. The van der Waals surface area contributed by atoms with Crippen molar-refractivity contribution >= 4 is 22.7 Å². The monoisotopic (exact) mass is 475 g/mol. The number of para-hydroxylation sites is 1. The lowest BCUT2D eigenvalue weighted by molar-refractivity contribution is 0.0649. The third-order valence-corrected chi connectivity index (χ3v) is 7.15. The van der Waals surface area contributed by atoms with Gasteiger partial charge in [0.25, 0.3) is 11.8 Å². The predicted molar refractivity (Wildman–Crippen MR) is 133 cm³/mol. The zero-order valence-electron chi connectivity index (χ0n) is 20.4. The number of hydrogen-bond donors (Lipinski definition) is 0. The summed E-state index contributed by atoms with van der Waals surface area (Å²) in [6.07, 6.45) is 7.89. The number of ether oxygens (including phenoxy) is 1. The zero-order chi connectivity index (χ0) is 24.2. The van der Waals surface area contributed by atoms with E-state index in [1.807, 2.05) is 53.1 Å². The molecular formula is C28H33N3O4. The molecule has 2 amide bonds. The first-order valence-electron chi connectivity index (χ1n) is 12.8. The molecule has 3 heterocycles. The fourth-order valence-corrected chi connectivity index (χ4v) is 5.40. The molecular weight excluding hydrogens is 442 g/mol. The van der Waals surface area contributed by atoms with Gasteiger partial charge in [0.1, 0.15) is 11.5 Å². The fraction of sp³-hybridized carbons (Fsp3) is 0.464. The van der Waals surface area contributed by atoms with E-state index in [1.165, 1.54) is 6.42 Å². The van der Waals surface area contributed by atoms with Crippen LogP contribution < -0.4 is 0 Å². The number of carbonyl (C=O) groups is 2. The standard InChI is InChI=1S/C28H33N3O4/c1-2-34-16-9-15-30(18-21-12-8-17-35-21)27(32)25-22-13-6-7-14-24(22)29-26-23(25)19-31(28(26)33)20-10-4-3-5-11-20/h6-8,12-14,17,20H,2-5,9-11,15-16,18-19H2,1H3. The maximum Gasteiger partial charge on any atom is 0.273 e. The second-order valence-electron chi connectivity index (χ2n) is 9.41. The van der Waals surface area contributed by atoms with Crippen molar-refractivity contribution in [2.45, 2.75) is 64.6 Å². The minimum atomic E-state index is -0.0916. The van der Waals surface area contributed by atoms with E-state index in [4.69, 9.17) is 14.1 Å². The number of furan rings is 1. The van der Waals surface area contributed by atoms with Crippen molar-refractivity contribution in [3.63, 3.8) is 0 Å². The molecule has 1 aromatic carbocycles. The number of carbonyl (C=O) groups excluding carboxylic acids is 2. The first-order valence-corrected chi connectivity index (χ1v) is 12.8. The summed E-state index contributed by atoms with van der Waals surface area (Å²) in [6.45, 7) is 4.54. The fourth-order valence-electron chi connectivity index (χ4n) is 5.40.